The van der Waals surface area contributed by atoms with E-state index >= 15 is 0 Å². The first-order valence-electron chi connectivity index (χ1n) is 23.5. The van der Waals surface area contributed by atoms with E-state index in [1.54, 1.807) is 95.4 Å². The highest BCUT2D eigenvalue weighted by Crippen LogP contribution is 2.50. The highest BCUT2D eigenvalue weighted by atomic mass is 16.6. The Hall–Kier alpha value is -11.0. The van der Waals surface area contributed by atoms with E-state index in [0.29, 0.717) is 32.7 Å². The van der Waals surface area contributed by atoms with Crippen LogP contribution in [0.4, 0.5) is 0 Å². The fourth-order valence-corrected chi connectivity index (χ4v) is 9.52. The third-order valence-corrected chi connectivity index (χ3v) is 13.1. The van der Waals surface area contributed by atoms with Crippen molar-refractivity contribution in [2.24, 2.45) is 0 Å². The minimum atomic E-state index is -1.09. The summed E-state index contributed by atoms with van der Waals surface area (Å²) in [4.78, 5) is 95.6. The largest absolute Gasteiger partial charge is 0.493 e. The molecule has 0 atom stereocenters. The van der Waals surface area contributed by atoms with E-state index in [2.05, 4.69) is 0 Å². The molecule has 6 aromatic heterocycles. The van der Waals surface area contributed by atoms with Gasteiger partial charge in [-0.1, -0.05) is 60.7 Å². The number of ether oxygens (including phenoxy) is 7. The average Bonchev–Trinajstić information content (AvgIpc) is 3.99. The molecular weight excluding hydrogens is 1010 g/mol. The second-order valence-corrected chi connectivity index (χ2v) is 17.4. The van der Waals surface area contributed by atoms with Gasteiger partial charge in [0.1, 0.15) is 44.5 Å². The summed E-state index contributed by atoms with van der Waals surface area (Å²) in [7, 11) is 5.35. The van der Waals surface area contributed by atoms with Gasteiger partial charge in [-0.15, -0.1) is 0 Å². The zero-order valence-corrected chi connectivity index (χ0v) is 41.1. The zero-order chi connectivity index (χ0) is 54.1. The number of carbonyl (C=O) groups excluding carboxylic acids is 3. The average molecular weight is 1050 g/mol. The minimum Gasteiger partial charge on any atom is -0.493 e. The molecule has 0 unspecified atom stereocenters. The summed E-state index contributed by atoms with van der Waals surface area (Å²) < 4.78 is 64.7. The van der Waals surface area contributed by atoms with Crippen molar-refractivity contribution in [3.63, 3.8) is 0 Å². The Morgan fingerprint density at radius 2 is 0.885 bits per heavy atom. The SMILES string of the molecule is COc1cc(-c2c3c4cc(OC)c(OC(=O)c5cc6ccccc6oc5=O)cc4oc(=O)c3n3ccc4c(OC(=O)c5cc6ccccc6oc5=O)c(OC)c(OC)cc4c23)ccc1OC(=O)c1cc2ccccc2oc1=O. The van der Waals surface area contributed by atoms with Crippen molar-refractivity contribution in [3.8, 4) is 51.4 Å². The lowest BCUT2D eigenvalue weighted by molar-refractivity contribution is 0.0716. The number of rotatable bonds is 11. The molecule has 0 spiro atoms. The number of esters is 3. The van der Waals surface area contributed by atoms with E-state index in [-0.39, 0.29) is 95.3 Å². The van der Waals surface area contributed by atoms with Gasteiger partial charge in [-0.3, -0.25) is 0 Å². The molecule has 0 saturated carbocycles. The quantitative estimate of drug-likeness (QED) is 0.0664. The van der Waals surface area contributed by atoms with Crippen LogP contribution in [0.15, 0.2) is 177 Å². The topological polar surface area (TPSA) is 241 Å². The monoisotopic (exact) mass is 1050 g/mol. The van der Waals surface area contributed by atoms with Crippen LogP contribution in [0.5, 0.6) is 40.2 Å². The van der Waals surface area contributed by atoms with Crippen molar-refractivity contribution < 1.29 is 65.2 Å². The zero-order valence-electron chi connectivity index (χ0n) is 41.1. The van der Waals surface area contributed by atoms with Crippen LogP contribution in [0.2, 0.25) is 0 Å². The number of pyridine rings is 1. The van der Waals surface area contributed by atoms with E-state index in [1.165, 1.54) is 77.1 Å². The van der Waals surface area contributed by atoms with E-state index in [4.69, 9.17) is 50.8 Å². The number of carbonyl (C=O) groups is 3. The Labute approximate surface area is 435 Å². The Morgan fingerprint density at radius 3 is 1.42 bits per heavy atom. The van der Waals surface area contributed by atoms with E-state index in [1.807, 2.05) is 0 Å². The molecule has 0 amide bonds. The summed E-state index contributed by atoms with van der Waals surface area (Å²) in [6, 6.07) is 34.4. The minimum absolute atomic E-state index is 0.000864. The first-order valence-corrected chi connectivity index (χ1v) is 23.5. The maximum atomic E-state index is 14.7. The van der Waals surface area contributed by atoms with E-state index in [0.717, 1.165) is 0 Å². The number of aromatic nitrogens is 1. The molecule has 0 saturated heterocycles. The second kappa shape index (κ2) is 18.8. The number of hydrogen-bond acceptors (Lipinski definition) is 18. The lowest BCUT2D eigenvalue weighted by Crippen LogP contribution is -2.19. The number of benzene rings is 6. The highest BCUT2D eigenvalue weighted by molar-refractivity contribution is 6.23. The molecule has 0 N–H and O–H groups in total. The number of fused-ring (bicyclic) bond motifs is 10. The van der Waals surface area contributed by atoms with Gasteiger partial charge in [-0.25, -0.2) is 33.6 Å². The summed E-state index contributed by atoms with van der Waals surface area (Å²) in [6.45, 7) is 0. The molecule has 0 aliphatic rings. The molecule has 0 aliphatic heterocycles. The Balaban J connectivity index is 1.08. The van der Waals surface area contributed by atoms with E-state index < -0.39 is 51.5 Å². The van der Waals surface area contributed by atoms with Crippen molar-refractivity contribution in [2.45, 2.75) is 0 Å². The number of hydrogen-bond donors (Lipinski definition) is 0. The fourth-order valence-electron chi connectivity index (χ4n) is 9.52. The molecule has 0 bridgehead atoms. The van der Waals surface area contributed by atoms with Gasteiger partial charge in [0.05, 0.1) is 34.0 Å². The van der Waals surface area contributed by atoms with Gasteiger partial charge in [0.25, 0.3) is 0 Å². The second-order valence-electron chi connectivity index (χ2n) is 17.4. The third kappa shape index (κ3) is 7.88. The maximum Gasteiger partial charge on any atom is 0.361 e. The molecule has 12 rings (SSSR count). The lowest BCUT2D eigenvalue weighted by atomic mass is 9.97. The molecule has 19 nitrogen and oxygen atoms in total. The van der Waals surface area contributed by atoms with Crippen molar-refractivity contribution in [2.75, 3.05) is 28.4 Å². The third-order valence-electron chi connectivity index (χ3n) is 13.1. The van der Waals surface area contributed by atoms with Crippen molar-refractivity contribution in [1.29, 1.82) is 0 Å². The van der Waals surface area contributed by atoms with E-state index in [9.17, 15) is 33.6 Å². The van der Waals surface area contributed by atoms with Crippen LogP contribution in [0.1, 0.15) is 31.1 Å². The molecule has 0 aliphatic carbocycles. The van der Waals surface area contributed by atoms with Crippen LogP contribution >= 0.6 is 0 Å². The van der Waals surface area contributed by atoms with Gasteiger partial charge in [-0.05, 0) is 72.3 Å². The Bertz CT molecular complexity index is 4830. The first kappa shape index (κ1) is 48.0. The van der Waals surface area contributed by atoms with Gasteiger partial charge in [0, 0.05) is 55.5 Å². The predicted octanol–water partition coefficient (Wildman–Crippen LogP) is 10.0. The molecule has 19 heteroatoms. The number of nitrogens with zero attached hydrogens (tertiary/aromatic N) is 1. The summed E-state index contributed by atoms with van der Waals surface area (Å²) in [5, 5.41) is 2.41. The van der Waals surface area contributed by atoms with Crippen molar-refractivity contribution in [1.82, 2.24) is 4.40 Å². The summed E-state index contributed by atoms with van der Waals surface area (Å²) in [5.74, 6) is -3.71. The molecule has 384 valence electrons. The van der Waals surface area contributed by atoms with Crippen LogP contribution in [0, 0.1) is 0 Å². The molecule has 78 heavy (non-hydrogen) atoms. The smallest absolute Gasteiger partial charge is 0.361 e. The maximum absolute atomic E-state index is 14.7. The van der Waals surface area contributed by atoms with Gasteiger partial charge >= 0.3 is 40.4 Å². The predicted molar refractivity (Wildman–Crippen MR) is 282 cm³/mol. The van der Waals surface area contributed by atoms with Gasteiger partial charge in [-0.2, -0.15) is 0 Å². The summed E-state index contributed by atoms with van der Waals surface area (Å²) in [6.07, 6.45) is 1.53. The lowest BCUT2D eigenvalue weighted by Gasteiger charge is -2.17. The summed E-state index contributed by atoms with van der Waals surface area (Å²) in [5.41, 5.74) is -3.34. The molecule has 6 heterocycles. The molecule has 0 fully saturated rings. The molecular formula is C59H35NO18. The highest BCUT2D eigenvalue weighted by Gasteiger charge is 2.30. The Kier molecular flexibility index (Phi) is 11.6. The normalized spacial score (nSPS) is 11.4. The van der Waals surface area contributed by atoms with Crippen LogP contribution in [-0.4, -0.2) is 50.7 Å². The molecule has 0 radical (unpaired) electrons. The van der Waals surface area contributed by atoms with Crippen molar-refractivity contribution >= 4 is 89.0 Å². The fraction of sp³-hybridized carbons (Fsp3) is 0.0678. The number of para-hydroxylation sites is 3. The van der Waals surface area contributed by atoms with Gasteiger partial charge in [0.2, 0.25) is 5.75 Å². The molecule has 6 aromatic carbocycles. The standard InChI is InChI=1S/C59H35NO18/c1-68-43-24-31(17-18-41(43)75-56(64)35-21-28-11-5-8-14-38(28)72-53(35)61)47-48-34-26-44(69-2)45(77-57(65)36-22-29-12-6-9-15-39(29)73-54(36)62)27-42(34)76-59(67)50(48)60-20-19-32-33(49(47)60)25-46(70-3)52(71-4)51(32)78-58(66)37-23-30-13-7-10-16-40(30)74-55(37)63/h5-27H,1-4H3. The summed E-state index contributed by atoms with van der Waals surface area (Å²) >= 11 is 0. The van der Waals surface area contributed by atoms with Gasteiger partial charge < -0.3 is 55.2 Å². The van der Waals surface area contributed by atoms with Crippen LogP contribution < -0.4 is 55.7 Å². The van der Waals surface area contributed by atoms with Crippen LogP contribution in [0.3, 0.4) is 0 Å². The van der Waals surface area contributed by atoms with Crippen molar-refractivity contribution in [3.05, 3.63) is 198 Å². The Morgan fingerprint density at radius 1 is 0.397 bits per heavy atom. The van der Waals surface area contributed by atoms with Crippen LogP contribution in [0.25, 0.3) is 82.2 Å². The van der Waals surface area contributed by atoms with Crippen LogP contribution in [-0.2, 0) is 0 Å². The first-order chi connectivity index (χ1) is 37.8. The van der Waals surface area contributed by atoms with Gasteiger partial charge in [0.15, 0.2) is 34.5 Å². The number of methoxy groups -OCH3 is 4. The molecule has 12 aromatic rings.